The summed E-state index contributed by atoms with van der Waals surface area (Å²) in [6, 6.07) is 12.5. The molecule has 0 bridgehead atoms. The van der Waals surface area contributed by atoms with Crippen molar-refractivity contribution < 1.29 is 37.7 Å². The van der Waals surface area contributed by atoms with Crippen LogP contribution in [-0.4, -0.2) is 7.25 Å². The number of rotatable bonds is 0. The minimum absolute atomic E-state index is 0. The quantitative estimate of drug-likeness (QED) is 0.216. The van der Waals surface area contributed by atoms with E-state index in [9.17, 15) is 17.3 Å². The van der Waals surface area contributed by atoms with E-state index in [1.807, 2.05) is 30.3 Å². The van der Waals surface area contributed by atoms with Crippen molar-refractivity contribution in [2.75, 3.05) is 0 Å². The van der Waals surface area contributed by atoms with Crippen LogP contribution < -0.4 is 0 Å². The fourth-order valence-electron chi connectivity index (χ4n) is 2.11. The van der Waals surface area contributed by atoms with E-state index in [0.29, 0.717) is 0 Å². The van der Waals surface area contributed by atoms with Crippen molar-refractivity contribution in [3.63, 3.8) is 0 Å². The summed E-state index contributed by atoms with van der Waals surface area (Å²) in [4.78, 5) is 0. The minimum atomic E-state index is -6.00. The molecule has 1 aromatic carbocycles. The Hall–Kier alpha value is -0.333. The Morgan fingerprint density at radius 1 is 0.545 bits per heavy atom. The molecule has 0 unspecified atom stereocenters. The zero-order chi connectivity index (χ0) is 15.8. The van der Waals surface area contributed by atoms with Crippen LogP contribution in [0.3, 0.4) is 0 Å². The van der Waals surface area contributed by atoms with Gasteiger partial charge in [-0.2, -0.15) is 36.4 Å². The standard InChI is InChI=1S/C6H5.2C5H10.BF4.Re/c1-2-4-6-5-3-1;2*1-2-4-5-3-1;2-1(3,4)5;/h1-5H;2*1-5H2;;/q-1;;;-1;. The third-order valence-electron chi connectivity index (χ3n) is 3.11. The monoisotopic (exact) mass is 491 g/mol. The summed E-state index contributed by atoms with van der Waals surface area (Å²) >= 11 is 0. The van der Waals surface area contributed by atoms with Crippen molar-refractivity contribution in [1.82, 2.24) is 0 Å². The number of benzene rings is 1. The predicted molar refractivity (Wildman–Crippen MR) is 81.6 cm³/mol. The van der Waals surface area contributed by atoms with E-state index in [1.54, 1.807) is 0 Å². The van der Waals surface area contributed by atoms with Crippen LogP contribution in [0.1, 0.15) is 64.2 Å². The molecule has 0 N–H and O–H groups in total. The van der Waals surface area contributed by atoms with Crippen LogP contribution in [0.25, 0.3) is 0 Å². The molecule has 0 aliphatic heterocycles. The number of halogens is 4. The second-order valence-electron chi connectivity index (χ2n) is 5.11. The van der Waals surface area contributed by atoms with E-state index in [0.717, 1.165) is 0 Å². The molecule has 6 heteroatoms. The summed E-state index contributed by atoms with van der Waals surface area (Å²) in [7, 11) is -6.00. The van der Waals surface area contributed by atoms with Gasteiger partial charge in [-0.05, 0) is 0 Å². The molecule has 22 heavy (non-hydrogen) atoms. The Kier molecular flexibility index (Phi) is 18.5. The van der Waals surface area contributed by atoms with Gasteiger partial charge in [-0.15, -0.1) is 0 Å². The van der Waals surface area contributed by atoms with Gasteiger partial charge in [0.15, 0.2) is 0 Å². The Labute approximate surface area is 145 Å². The normalized spacial score (nSPS) is 15.8. The molecular weight excluding hydrogens is 465 g/mol. The van der Waals surface area contributed by atoms with Crippen LogP contribution in [-0.2, 0) is 20.4 Å². The van der Waals surface area contributed by atoms with Gasteiger partial charge in [0.25, 0.3) is 0 Å². The molecule has 2 fully saturated rings. The molecule has 3 rings (SSSR count). The largest absolute Gasteiger partial charge is 0.673 e. The van der Waals surface area contributed by atoms with E-state index in [4.69, 9.17) is 0 Å². The fraction of sp³-hybridized carbons (Fsp3) is 0.625. The molecule has 2 aliphatic carbocycles. The topological polar surface area (TPSA) is 0 Å². The first-order valence-corrected chi connectivity index (χ1v) is 7.78. The third-order valence-corrected chi connectivity index (χ3v) is 3.11. The summed E-state index contributed by atoms with van der Waals surface area (Å²) in [5.74, 6) is 0. The predicted octanol–water partition coefficient (Wildman–Crippen LogP) is 6.69. The molecule has 2 aliphatic rings. The number of hydrogen-bond acceptors (Lipinski definition) is 0. The zero-order valence-corrected chi connectivity index (χ0v) is 15.6. The summed E-state index contributed by atoms with van der Waals surface area (Å²) in [6.45, 7) is 0. The van der Waals surface area contributed by atoms with Crippen molar-refractivity contribution in [1.29, 1.82) is 0 Å². The maximum Gasteiger partial charge on any atom is 0.673 e. The average molecular weight is 490 g/mol. The van der Waals surface area contributed by atoms with E-state index >= 15 is 0 Å². The van der Waals surface area contributed by atoms with Crippen LogP contribution in [0.2, 0.25) is 0 Å². The minimum Gasteiger partial charge on any atom is -0.418 e. The SMILES string of the molecule is C1CCCC1.C1CCCC1.F[B-](F)(F)F.[Re].[c-]1ccccc1. The second-order valence-corrected chi connectivity index (χ2v) is 5.11. The fourth-order valence-corrected chi connectivity index (χ4v) is 2.11. The second kappa shape index (κ2) is 17.0. The number of hydrogen-bond donors (Lipinski definition) is 0. The molecule has 129 valence electrons. The molecule has 1 aromatic rings. The average Bonchev–Trinajstić information content (AvgIpc) is 3.18. The van der Waals surface area contributed by atoms with Crippen molar-refractivity contribution in [2.24, 2.45) is 0 Å². The third kappa shape index (κ3) is 27.9. The van der Waals surface area contributed by atoms with E-state index < -0.39 is 7.25 Å². The molecule has 0 atom stereocenters. The maximum absolute atomic E-state index is 9.75. The zero-order valence-electron chi connectivity index (χ0n) is 12.9. The maximum atomic E-state index is 9.75. The van der Waals surface area contributed by atoms with Gasteiger partial charge in [0.05, 0.1) is 0 Å². The summed E-state index contributed by atoms with van der Waals surface area (Å²) in [6.07, 6.45) is 15.0. The van der Waals surface area contributed by atoms with Crippen LogP contribution >= 0.6 is 0 Å². The van der Waals surface area contributed by atoms with Gasteiger partial charge in [0, 0.05) is 20.4 Å². The van der Waals surface area contributed by atoms with E-state index in [2.05, 4.69) is 6.07 Å². The van der Waals surface area contributed by atoms with Crippen molar-refractivity contribution in [3.8, 4) is 0 Å². The van der Waals surface area contributed by atoms with Crippen LogP contribution in [0.5, 0.6) is 0 Å². The first kappa shape index (κ1) is 23.9. The molecular formula is C16H25BF4Re-2. The van der Waals surface area contributed by atoms with E-state index in [-0.39, 0.29) is 20.4 Å². The molecule has 0 saturated heterocycles. The Bertz CT molecular complexity index is 241. The summed E-state index contributed by atoms with van der Waals surface area (Å²) in [5, 5.41) is 0. The summed E-state index contributed by atoms with van der Waals surface area (Å²) in [5.41, 5.74) is 0. The Morgan fingerprint density at radius 2 is 0.773 bits per heavy atom. The molecule has 2 saturated carbocycles. The van der Waals surface area contributed by atoms with Crippen LogP contribution in [0.4, 0.5) is 17.3 Å². The van der Waals surface area contributed by atoms with Gasteiger partial charge in [-0.25, -0.2) is 0 Å². The van der Waals surface area contributed by atoms with E-state index in [1.165, 1.54) is 64.2 Å². The van der Waals surface area contributed by atoms with Crippen LogP contribution in [0, 0.1) is 6.07 Å². The van der Waals surface area contributed by atoms with Gasteiger partial charge in [0.2, 0.25) is 0 Å². The molecule has 0 aromatic heterocycles. The van der Waals surface area contributed by atoms with Crippen molar-refractivity contribution >= 4 is 7.25 Å². The van der Waals surface area contributed by atoms with Crippen molar-refractivity contribution in [2.45, 2.75) is 64.2 Å². The van der Waals surface area contributed by atoms with Gasteiger partial charge in [-0.1, -0.05) is 64.2 Å². The van der Waals surface area contributed by atoms with Gasteiger partial charge >= 0.3 is 7.25 Å². The molecule has 0 spiro atoms. The van der Waals surface area contributed by atoms with Gasteiger partial charge in [0.1, 0.15) is 0 Å². The van der Waals surface area contributed by atoms with Crippen molar-refractivity contribution in [3.05, 3.63) is 36.4 Å². The Balaban J connectivity index is 0. The Morgan fingerprint density at radius 3 is 0.864 bits per heavy atom. The summed E-state index contributed by atoms with van der Waals surface area (Å²) < 4.78 is 39.0. The first-order chi connectivity index (χ1) is 10.0. The molecule has 1 radical (unpaired) electrons. The molecule has 0 heterocycles. The van der Waals surface area contributed by atoms with Crippen LogP contribution in [0.15, 0.2) is 30.3 Å². The smallest absolute Gasteiger partial charge is 0.418 e. The van der Waals surface area contributed by atoms with Gasteiger partial charge < -0.3 is 17.3 Å². The molecule has 0 nitrogen and oxygen atoms in total. The molecule has 0 amide bonds. The first-order valence-electron chi connectivity index (χ1n) is 7.78. The van der Waals surface area contributed by atoms with Gasteiger partial charge in [-0.3, -0.25) is 0 Å².